The molecule has 1 aliphatic carbocycles. The van der Waals surface area contributed by atoms with Gasteiger partial charge in [0.2, 0.25) is 0 Å². The molecule has 1 aliphatic rings. The third-order valence-electron chi connectivity index (χ3n) is 13.7. The van der Waals surface area contributed by atoms with E-state index in [4.69, 9.17) is 0 Å². The molecule has 0 fully saturated rings. The van der Waals surface area contributed by atoms with Gasteiger partial charge >= 0.3 is 0 Å². The van der Waals surface area contributed by atoms with Gasteiger partial charge in [-0.05, 0) is 111 Å². The summed E-state index contributed by atoms with van der Waals surface area (Å²) >= 11 is 0. The van der Waals surface area contributed by atoms with E-state index < -0.39 is 0 Å². The fourth-order valence-electron chi connectivity index (χ4n) is 11.1. The van der Waals surface area contributed by atoms with Crippen LogP contribution in [0.3, 0.4) is 0 Å². The molecular formula is C59H39N. The Morgan fingerprint density at radius 1 is 0.350 bits per heavy atom. The predicted octanol–water partition coefficient (Wildman–Crippen LogP) is 16.2. The van der Waals surface area contributed by atoms with Gasteiger partial charge in [-0.25, -0.2) is 0 Å². The van der Waals surface area contributed by atoms with E-state index >= 15 is 0 Å². The van der Waals surface area contributed by atoms with Crippen molar-refractivity contribution in [2.24, 2.45) is 0 Å². The van der Waals surface area contributed by atoms with Gasteiger partial charge in [0.25, 0.3) is 0 Å². The van der Waals surface area contributed by atoms with Gasteiger partial charge in [0.15, 0.2) is 0 Å². The van der Waals surface area contributed by atoms with Gasteiger partial charge in [0, 0.05) is 21.6 Å². The molecule has 0 unspecified atom stereocenters. The van der Waals surface area contributed by atoms with Crippen molar-refractivity contribution in [3.63, 3.8) is 0 Å². The molecule has 0 saturated heterocycles. The van der Waals surface area contributed by atoms with Gasteiger partial charge in [-0.1, -0.05) is 196 Å². The molecule has 0 saturated carbocycles. The highest BCUT2D eigenvalue weighted by atomic mass is 15.0. The van der Waals surface area contributed by atoms with Gasteiger partial charge in [-0.15, -0.1) is 0 Å². The zero-order valence-corrected chi connectivity index (χ0v) is 33.5. The summed E-state index contributed by atoms with van der Waals surface area (Å²) in [5, 5.41) is 15.3. The van der Waals surface area contributed by atoms with Crippen LogP contribution in [0, 0.1) is 0 Å². The summed E-state index contributed by atoms with van der Waals surface area (Å²) in [5.41, 5.74) is 13.9. The molecule has 1 nitrogen and oxygen atoms in total. The van der Waals surface area contributed by atoms with Gasteiger partial charge < -0.3 is 4.57 Å². The quantitative estimate of drug-likeness (QED) is 0.169. The number of fused-ring (bicyclic) bond motifs is 14. The van der Waals surface area contributed by atoms with Gasteiger partial charge in [0.1, 0.15) is 0 Å². The number of nitrogens with zero attached hydrogens (tertiary/aromatic N) is 1. The Kier molecular flexibility index (Phi) is 6.85. The van der Waals surface area contributed by atoms with Gasteiger partial charge in [-0.3, -0.25) is 0 Å². The highest BCUT2D eigenvalue weighted by molar-refractivity contribution is 6.27. The second-order valence-electron chi connectivity index (χ2n) is 17.2. The number of rotatable bonds is 3. The zero-order chi connectivity index (χ0) is 39.7. The molecule has 1 heteroatoms. The average Bonchev–Trinajstić information content (AvgIpc) is 3.75. The number of benzene rings is 11. The Labute approximate surface area is 348 Å². The Morgan fingerprint density at radius 2 is 0.833 bits per heavy atom. The molecule has 11 aromatic carbocycles. The molecular weight excluding hydrogens is 723 g/mol. The molecule has 280 valence electrons. The molecule has 0 spiro atoms. The van der Waals surface area contributed by atoms with Gasteiger partial charge in [0.05, 0.1) is 16.7 Å². The SMILES string of the molecule is CC1(C)c2cc(-c3cccc4ccccc34)c3ccccc3c2-c2ccc3c4c5ccccc5c(-c5cccc6ccccc56)cc4n(-c4cccc5ccccc45)c3c21. The maximum atomic E-state index is 2.63. The number of aromatic nitrogens is 1. The van der Waals surface area contributed by atoms with Crippen LogP contribution in [0.15, 0.2) is 200 Å². The third kappa shape index (κ3) is 4.47. The largest absolute Gasteiger partial charge is 0.308 e. The maximum Gasteiger partial charge on any atom is 0.0588 e. The van der Waals surface area contributed by atoms with E-state index in [0.29, 0.717) is 0 Å². The van der Waals surface area contributed by atoms with Crippen LogP contribution in [0.4, 0.5) is 0 Å². The first kappa shape index (κ1) is 33.5. The lowest BCUT2D eigenvalue weighted by Crippen LogP contribution is -2.17. The average molecular weight is 762 g/mol. The lowest BCUT2D eigenvalue weighted by atomic mass is 9.79. The third-order valence-corrected chi connectivity index (χ3v) is 13.7. The molecule has 0 aliphatic heterocycles. The lowest BCUT2D eigenvalue weighted by molar-refractivity contribution is 0.664. The van der Waals surface area contributed by atoms with E-state index in [0.717, 1.165) is 0 Å². The normalized spacial score (nSPS) is 13.3. The van der Waals surface area contributed by atoms with Crippen LogP contribution in [0.5, 0.6) is 0 Å². The van der Waals surface area contributed by atoms with Crippen LogP contribution < -0.4 is 0 Å². The Morgan fingerprint density at radius 3 is 1.48 bits per heavy atom. The minimum Gasteiger partial charge on any atom is -0.308 e. The zero-order valence-electron chi connectivity index (χ0n) is 33.5. The van der Waals surface area contributed by atoms with Crippen molar-refractivity contribution in [1.29, 1.82) is 0 Å². The monoisotopic (exact) mass is 761 g/mol. The van der Waals surface area contributed by atoms with Crippen LogP contribution in [0.1, 0.15) is 25.0 Å². The maximum absolute atomic E-state index is 2.63. The van der Waals surface area contributed by atoms with Crippen molar-refractivity contribution in [3.05, 3.63) is 211 Å². The molecule has 0 amide bonds. The molecule has 60 heavy (non-hydrogen) atoms. The Balaban J connectivity index is 1.20. The fraction of sp³-hybridized carbons (Fsp3) is 0.0508. The van der Waals surface area contributed by atoms with Crippen LogP contribution in [0.2, 0.25) is 0 Å². The molecule has 1 heterocycles. The topological polar surface area (TPSA) is 4.93 Å². The molecule has 0 N–H and O–H groups in total. The van der Waals surface area contributed by atoms with E-state index in [1.54, 1.807) is 0 Å². The summed E-state index contributed by atoms with van der Waals surface area (Å²) < 4.78 is 2.63. The minimum atomic E-state index is -0.321. The molecule has 0 bridgehead atoms. The second-order valence-corrected chi connectivity index (χ2v) is 17.2. The summed E-state index contributed by atoms with van der Waals surface area (Å²) in [6.07, 6.45) is 0. The van der Waals surface area contributed by atoms with Crippen LogP contribution in [-0.2, 0) is 5.41 Å². The number of hydrogen-bond acceptors (Lipinski definition) is 0. The fourth-order valence-corrected chi connectivity index (χ4v) is 11.1. The van der Waals surface area contributed by atoms with Crippen LogP contribution >= 0.6 is 0 Å². The Hall–Kier alpha value is -7.48. The van der Waals surface area contributed by atoms with E-state index in [1.807, 2.05) is 0 Å². The van der Waals surface area contributed by atoms with Crippen molar-refractivity contribution >= 4 is 75.7 Å². The van der Waals surface area contributed by atoms with E-state index in [1.165, 1.54) is 126 Å². The first-order chi connectivity index (χ1) is 29.6. The first-order valence-corrected chi connectivity index (χ1v) is 21.1. The van der Waals surface area contributed by atoms with Crippen molar-refractivity contribution < 1.29 is 0 Å². The summed E-state index contributed by atoms with van der Waals surface area (Å²) in [5.74, 6) is 0. The molecule has 0 radical (unpaired) electrons. The van der Waals surface area contributed by atoms with Crippen molar-refractivity contribution in [3.8, 4) is 39.1 Å². The minimum absolute atomic E-state index is 0.321. The van der Waals surface area contributed by atoms with Gasteiger partial charge in [-0.2, -0.15) is 0 Å². The summed E-state index contributed by atoms with van der Waals surface area (Å²) in [6, 6.07) is 74.8. The van der Waals surface area contributed by atoms with E-state index in [2.05, 4.69) is 219 Å². The summed E-state index contributed by atoms with van der Waals surface area (Å²) in [4.78, 5) is 0. The smallest absolute Gasteiger partial charge is 0.0588 e. The van der Waals surface area contributed by atoms with Crippen LogP contribution in [-0.4, -0.2) is 4.57 Å². The second kappa shape index (κ2) is 12.3. The van der Waals surface area contributed by atoms with Crippen molar-refractivity contribution in [2.45, 2.75) is 19.3 Å². The standard InChI is InChI=1S/C59H39N/c1-59(2)52-34-50(42-29-13-19-36-16-3-6-22-39(36)42)44-25-9-11-27-46(44)55(52)48-32-33-49-56-47-28-12-10-26-45(47)51(43-30-14-20-37-17-4-7-23-40(37)43)35-54(56)60(58(49)57(48)59)53-31-15-21-38-18-5-8-24-41(38)53/h3-35H,1-2H3. The van der Waals surface area contributed by atoms with Crippen molar-refractivity contribution in [1.82, 2.24) is 4.57 Å². The van der Waals surface area contributed by atoms with E-state index in [9.17, 15) is 0 Å². The molecule has 13 rings (SSSR count). The first-order valence-electron chi connectivity index (χ1n) is 21.1. The predicted molar refractivity (Wildman–Crippen MR) is 257 cm³/mol. The highest BCUT2D eigenvalue weighted by Crippen LogP contribution is 2.57. The lowest BCUT2D eigenvalue weighted by Gasteiger charge is -2.25. The molecule has 0 atom stereocenters. The number of hydrogen-bond donors (Lipinski definition) is 0. The van der Waals surface area contributed by atoms with Crippen molar-refractivity contribution in [2.75, 3.05) is 0 Å². The molecule has 12 aromatic rings. The van der Waals surface area contributed by atoms with E-state index in [-0.39, 0.29) is 5.41 Å². The summed E-state index contributed by atoms with van der Waals surface area (Å²) in [6.45, 7) is 4.92. The molecule has 1 aromatic heterocycles. The highest BCUT2D eigenvalue weighted by Gasteiger charge is 2.40. The van der Waals surface area contributed by atoms with Crippen LogP contribution in [0.25, 0.3) is 115 Å². The summed E-state index contributed by atoms with van der Waals surface area (Å²) in [7, 11) is 0. The Bertz CT molecular complexity index is 3790.